The van der Waals surface area contributed by atoms with E-state index >= 15 is 0 Å². The lowest BCUT2D eigenvalue weighted by atomic mass is 10.2. The summed E-state index contributed by atoms with van der Waals surface area (Å²) in [5.74, 6) is -0.292. The van der Waals surface area contributed by atoms with Crippen molar-refractivity contribution in [2.75, 3.05) is 5.32 Å². The van der Waals surface area contributed by atoms with Crippen LogP contribution in [0.2, 0.25) is 5.02 Å². The molecule has 0 unspecified atom stereocenters. The number of H-pyrrole nitrogens is 1. The number of rotatable bonds is 2. The first-order valence-electron chi connectivity index (χ1n) is 5.44. The number of pyridine rings is 1. The van der Waals surface area contributed by atoms with Crippen molar-refractivity contribution in [3.8, 4) is 0 Å². The second kappa shape index (κ2) is 4.78. The molecule has 2 heterocycles. The third-order valence-corrected chi connectivity index (χ3v) is 2.91. The Labute approximate surface area is 110 Å². The lowest BCUT2D eigenvalue weighted by Crippen LogP contribution is -2.14. The highest BCUT2D eigenvalue weighted by atomic mass is 35.5. The van der Waals surface area contributed by atoms with Gasteiger partial charge in [0.05, 0.1) is 27.7 Å². The van der Waals surface area contributed by atoms with Gasteiger partial charge in [-0.25, -0.2) is 0 Å². The van der Waals surface area contributed by atoms with Gasteiger partial charge in [0.25, 0.3) is 5.91 Å². The molecule has 2 N–H and O–H groups in total. The molecule has 6 heteroatoms. The molecule has 0 aromatic carbocycles. The number of hydrogen-bond donors (Lipinski definition) is 2. The lowest BCUT2D eigenvalue weighted by molar-refractivity contribution is 0.102. The Morgan fingerprint density at radius 2 is 2.11 bits per heavy atom. The van der Waals surface area contributed by atoms with Crippen molar-refractivity contribution < 1.29 is 4.79 Å². The predicted octanol–water partition coefficient (Wildman–Crippen LogP) is 2.64. The van der Waals surface area contributed by atoms with Crippen molar-refractivity contribution in [1.29, 1.82) is 0 Å². The van der Waals surface area contributed by atoms with Crippen LogP contribution in [0.5, 0.6) is 0 Å². The molecule has 0 bridgehead atoms. The van der Waals surface area contributed by atoms with E-state index < -0.39 is 0 Å². The van der Waals surface area contributed by atoms with Crippen LogP contribution in [0.3, 0.4) is 0 Å². The maximum absolute atomic E-state index is 12.1. The fourth-order valence-corrected chi connectivity index (χ4v) is 1.90. The SMILES string of the molecule is Cc1cc(Cl)c(C(=O)Nc2c(C)n[nH]c2C)cn1. The number of hydrogen-bond acceptors (Lipinski definition) is 3. The first kappa shape index (κ1) is 12.6. The van der Waals surface area contributed by atoms with Crippen LogP contribution in [0.4, 0.5) is 5.69 Å². The summed E-state index contributed by atoms with van der Waals surface area (Å²) in [6, 6.07) is 1.66. The molecule has 1 amide bonds. The third-order valence-electron chi connectivity index (χ3n) is 2.60. The van der Waals surface area contributed by atoms with Crippen LogP contribution in [0.1, 0.15) is 27.4 Å². The molecule has 0 aliphatic heterocycles. The molecule has 0 saturated heterocycles. The molecular formula is C12H13ClN4O. The van der Waals surface area contributed by atoms with E-state index in [1.165, 1.54) is 6.20 Å². The number of carbonyl (C=O) groups is 1. The predicted molar refractivity (Wildman–Crippen MR) is 70.0 cm³/mol. The van der Waals surface area contributed by atoms with E-state index in [1.807, 2.05) is 20.8 Å². The zero-order valence-corrected chi connectivity index (χ0v) is 11.1. The van der Waals surface area contributed by atoms with Gasteiger partial charge in [0.15, 0.2) is 0 Å². The summed E-state index contributed by atoms with van der Waals surface area (Å²) in [7, 11) is 0. The van der Waals surface area contributed by atoms with Crippen molar-refractivity contribution in [3.05, 3.63) is 39.9 Å². The summed E-state index contributed by atoms with van der Waals surface area (Å²) < 4.78 is 0. The van der Waals surface area contributed by atoms with E-state index in [0.717, 1.165) is 17.1 Å². The normalized spacial score (nSPS) is 10.4. The number of halogens is 1. The Balaban J connectivity index is 2.28. The number of amides is 1. The summed E-state index contributed by atoms with van der Waals surface area (Å²) in [5.41, 5.74) is 3.33. The fraction of sp³-hybridized carbons (Fsp3) is 0.250. The molecule has 0 aliphatic rings. The molecule has 94 valence electrons. The van der Waals surface area contributed by atoms with Crippen LogP contribution >= 0.6 is 11.6 Å². The summed E-state index contributed by atoms with van der Waals surface area (Å²) in [6.45, 7) is 5.47. The van der Waals surface area contributed by atoms with E-state index in [2.05, 4.69) is 20.5 Å². The summed E-state index contributed by atoms with van der Waals surface area (Å²) in [6.07, 6.45) is 1.47. The third kappa shape index (κ3) is 2.36. The van der Waals surface area contributed by atoms with Gasteiger partial charge in [-0.05, 0) is 26.8 Å². The minimum Gasteiger partial charge on any atom is -0.319 e. The number of nitrogens with zero attached hydrogens (tertiary/aromatic N) is 2. The largest absolute Gasteiger partial charge is 0.319 e. The lowest BCUT2D eigenvalue weighted by Gasteiger charge is -2.06. The van der Waals surface area contributed by atoms with E-state index in [4.69, 9.17) is 11.6 Å². The molecule has 0 radical (unpaired) electrons. The quantitative estimate of drug-likeness (QED) is 0.876. The average Bonchev–Trinajstić information content (AvgIpc) is 2.60. The van der Waals surface area contributed by atoms with Crippen molar-refractivity contribution in [2.24, 2.45) is 0 Å². The first-order chi connectivity index (χ1) is 8.49. The minimum atomic E-state index is -0.292. The Morgan fingerprint density at radius 1 is 1.39 bits per heavy atom. The van der Waals surface area contributed by atoms with Gasteiger partial charge in [-0.1, -0.05) is 11.6 Å². The van der Waals surface area contributed by atoms with Gasteiger partial charge < -0.3 is 5.32 Å². The van der Waals surface area contributed by atoms with Crippen LogP contribution in [0.25, 0.3) is 0 Å². The number of carbonyl (C=O) groups excluding carboxylic acids is 1. The van der Waals surface area contributed by atoms with E-state index in [0.29, 0.717) is 16.3 Å². The van der Waals surface area contributed by atoms with Gasteiger partial charge in [-0.2, -0.15) is 5.10 Å². The molecule has 0 spiro atoms. The number of aromatic amines is 1. The monoisotopic (exact) mass is 264 g/mol. The maximum atomic E-state index is 12.1. The molecule has 5 nitrogen and oxygen atoms in total. The van der Waals surface area contributed by atoms with Crippen molar-refractivity contribution in [3.63, 3.8) is 0 Å². The van der Waals surface area contributed by atoms with Crippen molar-refractivity contribution in [2.45, 2.75) is 20.8 Å². The Hall–Kier alpha value is -1.88. The molecule has 18 heavy (non-hydrogen) atoms. The highest BCUT2D eigenvalue weighted by Crippen LogP contribution is 2.20. The molecule has 0 atom stereocenters. The number of aromatic nitrogens is 3. The Bertz CT molecular complexity index is 587. The van der Waals surface area contributed by atoms with Gasteiger partial charge in [0.1, 0.15) is 0 Å². The van der Waals surface area contributed by atoms with E-state index in [-0.39, 0.29) is 5.91 Å². The smallest absolute Gasteiger partial charge is 0.258 e. The Morgan fingerprint density at radius 3 is 2.67 bits per heavy atom. The average molecular weight is 265 g/mol. The molecule has 2 aromatic heterocycles. The molecule has 0 aliphatic carbocycles. The molecular weight excluding hydrogens is 252 g/mol. The second-order valence-electron chi connectivity index (χ2n) is 4.07. The summed E-state index contributed by atoms with van der Waals surface area (Å²) >= 11 is 6.02. The van der Waals surface area contributed by atoms with Gasteiger partial charge >= 0.3 is 0 Å². The molecule has 0 fully saturated rings. The minimum absolute atomic E-state index is 0.292. The van der Waals surface area contributed by atoms with Gasteiger partial charge in [0, 0.05) is 11.9 Å². The topological polar surface area (TPSA) is 70.7 Å². The zero-order chi connectivity index (χ0) is 13.3. The van der Waals surface area contributed by atoms with Crippen LogP contribution in [-0.4, -0.2) is 21.1 Å². The molecule has 2 rings (SSSR count). The standard InChI is InChI=1S/C12H13ClN4O/c1-6-4-10(13)9(5-14-6)12(18)15-11-7(2)16-17-8(11)3/h4-5H,1-3H3,(H,15,18)(H,16,17). The molecule has 0 saturated carbocycles. The van der Waals surface area contributed by atoms with Crippen LogP contribution in [-0.2, 0) is 0 Å². The second-order valence-corrected chi connectivity index (χ2v) is 4.48. The van der Waals surface area contributed by atoms with E-state index in [1.54, 1.807) is 6.07 Å². The fourth-order valence-electron chi connectivity index (χ4n) is 1.61. The Kier molecular flexibility index (Phi) is 3.34. The van der Waals surface area contributed by atoms with E-state index in [9.17, 15) is 4.79 Å². The first-order valence-corrected chi connectivity index (χ1v) is 5.82. The number of nitrogens with one attached hydrogen (secondary N) is 2. The van der Waals surface area contributed by atoms with Crippen LogP contribution in [0.15, 0.2) is 12.3 Å². The van der Waals surface area contributed by atoms with Crippen molar-refractivity contribution in [1.82, 2.24) is 15.2 Å². The number of anilines is 1. The zero-order valence-electron chi connectivity index (χ0n) is 10.3. The van der Waals surface area contributed by atoms with Gasteiger partial charge in [-0.15, -0.1) is 0 Å². The summed E-state index contributed by atoms with van der Waals surface area (Å²) in [4.78, 5) is 16.1. The van der Waals surface area contributed by atoms with Crippen molar-refractivity contribution >= 4 is 23.2 Å². The molecule has 2 aromatic rings. The van der Waals surface area contributed by atoms with Crippen LogP contribution in [0, 0.1) is 20.8 Å². The number of aryl methyl sites for hydroxylation is 3. The summed E-state index contributed by atoms with van der Waals surface area (Å²) in [5, 5.41) is 9.98. The van der Waals surface area contributed by atoms with Gasteiger partial charge in [0.2, 0.25) is 0 Å². The highest BCUT2D eigenvalue weighted by molar-refractivity contribution is 6.34. The highest BCUT2D eigenvalue weighted by Gasteiger charge is 2.15. The van der Waals surface area contributed by atoms with Gasteiger partial charge in [-0.3, -0.25) is 14.9 Å². The maximum Gasteiger partial charge on any atom is 0.258 e. The van der Waals surface area contributed by atoms with Crippen LogP contribution < -0.4 is 5.32 Å².